The number of thioether (sulfide) groups is 1. The molecule has 1 aliphatic rings. The van der Waals surface area contributed by atoms with Crippen molar-refractivity contribution in [2.24, 2.45) is 0 Å². The SMILES string of the molecule is CSCC(=O)N1CCc2c(cccc2C(=O)O)C1. The summed E-state index contributed by atoms with van der Waals surface area (Å²) in [5.41, 5.74) is 2.19. The van der Waals surface area contributed by atoms with Gasteiger partial charge >= 0.3 is 5.97 Å². The van der Waals surface area contributed by atoms with Gasteiger partial charge in [0.2, 0.25) is 5.91 Å². The molecule has 96 valence electrons. The Morgan fingerprint density at radius 2 is 2.22 bits per heavy atom. The Morgan fingerprint density at radius 1 is 1.44 bits per heavy atom. The van der Waals surface area contributed by atoms with E-state index in [2.05, 4.69) is 0 Å². The highest BCUT2D eigenvalue weighted by Crippen LogP contribution is 2.23. The maximum Gasteiger partial charge on any atom is 0.335 e. The Balaban J connectivity index is 2.23. The topological polar surface area (TPSA) is 57.6 Å². The summed E-state index contributed by atoms with van der Waals surface area (Å²) in [5, 5.41) is 9.12. The van der Waals surface area contributed by atoms with E-state index in [4.69, 9.17) is 5.11 Å². The second kappa shape index (κ2) is 5.44. The number of hydrogen-bond donors (Lipinski definition) is 1. The van der Waals surface area contributed by atoms with Crippen LogP contribution in [0.3, 0.4) is 0 Å². The van der Waals surface area contributed by atoms with Gasteiger partial charge in [-0.1, -0.05) is 12.1 Å². The maximum absolute atomic E-state index is 11.8. The van der Waals surface area contributed by atoms with E-state index in [1.807, 2.05) is 12.3 Å². The number of carbonyl (C=O) groups is 2. The van der Waals surface area contributed by atoms with Crippen LogP contribution in [0, 0.1) is 0 Å². The lowest BCUT2D eigenvalue weighted by molar-refractivity contribution is -0.129. The van der Waals surface area contributed by atoms with Crippen molar-refractivity contribution in [1.82, 2.24) is 4.90 Å². The van der Waals surface area contributed by atoms with Gasteiger partial charge in [0.05, 0.1) is 11.3 Å². The predicted octanol–water partition coefficient (Wildman–Crippen LogP) is 1.63. The zero-order valence-corrected chi connectivity index (χ0v) is 11.0. The Labute approximate surface area is 110 Å². The van der Waals surface area contributed by atoms with Crippen molar-refractivity contribution in [3.05, 3.63) is 34.9 Å². The highest BCUT2D eigenvalue weighted by molar-refractivity contribution is 7.99. The van der Waals surface area contributed by atoms with E-state index in [-0.39, 0.29) is 5.91 Å². The summed E-state index contributed by atoms with van der Waals surface area (Å²) in [6, 6.07) is 5.27. The molecule has 1 aromatic carbocycles. The molecule has 0 aromatic heterocycles. The van der Waals surface area contributed by atoms with Gasteiger partial charge in [0.15, 0.2) is 0 Å². The van der Waals surface area contributed by atoms with Crippen LogP contribution in [-0.4, -0.2) is 40.4 Å². The normalized spacial score (nSPS) is 14.2. The smallest absolute Gasteiger partial charge is 0.335 e. The first kappa shape index (κ1) is 13.0. The van der Waals surface area contributed by atoms with Gasteiger partial charge in [-0.2, -0.15) is 11.8 Å². The Bertz CT molecular complexity index is 487. The minimum atomic E-state index is -0.893. The summed E-state index contributed by atoms with van der Waals surface area (Å²) in [6.45, 7) is 1.13. The van der Waals surface area contributed by atoms with Gasteiger partial charge in [-0.3, -0.25) is 4.79 Å². The lowest BCUT2D eigenvalue weighted by Crippen LogP contribution is -2.37. The zero-order chi connectivity index (χ0) is 13.1. The molecule has 0 radical (unpaired) electrons. The summed E-state index contributed by atoms with van der Waals surface area (Å²) in [5.74, 6) is -0.293. The van der Waals surface area contributed by atoms with E-state index in [1.165, 1.54) is 11.8 Å². The van der Waals surface area contributed by atoms with Crippen molar-refractivity contribution in [3.8, 4) is 0 Å². The molecule has 0 saturated heterocycles. The number of carboxylic acids is 1. The fourth-order valence-electron chi connectivity index (χ4n) is 2.24. The number of fused-ring (bicyclic) bond motifs is 1. The van der Waals surface area contributed by atoms with E-state index in [9.17, 15) is 9.59 Å². The number of nitrogens with zero attached hydrogens (tertiary/aromatic N) is 1. The largest absolute Gasteiger partial charge is 0.478 e. The molecule has 0 aliphatic carbocycles. The van der Waals surface area contributed by atoms with E-state index in [1.54, 1.807) is 17.0 Å². The molecule has 1 heterocycles. The fraction of sp³-hybridized carbons (Fsp3) is 0.385. The number of hydrogen-bond acceptors (Lipinski definition) is 3. The van der Waals surface area contributed by atoms with Gasteiger partial charge in [0.1, 0.15) is 0 Å². The molecule has 0 atom stereocenters. The molecule has 4 nitrogen and oxygen atoms in total. The highest BCUT2D eigenvalue weighted by atomic mass is 32.2. The molecule has 1 amide bonds. The molecule has 0 fully saturated rings. The standard InChI is InChI=1S/C13H15NO3S/c1-18-8-12(15)14-6-5-10-9(7-14)3-2-4-11(10)13(16)17/h2-4H,5-8H2,1H3,(H,16,17). The van der Waals surface area contributed by atoms with Crippen LogP contribution < -0.4 is 0 Å². The molecule has 0 bridgehead atoms. The van der Waals surface area contributed by atoms with Crippen molar-refractivity contribution in [3.63, 3.8) is 0 Å². The first-order valence-corrected chi connectivity index (χ1v) is 7.13. The first-order valence-electron chi connectivity index (χ1n) is 5.74. The average molecular weight is 265 g/mol. The molecule has 0 unspecified atom stereocenters. The third kappa shape index (κ3) is 2.51. The number of carboxylic acid groups (broad SMARTS) is 1. The Kier molecular flexibility index (Phi) is 3.91. The van der Waals surface area contributed by atoms with E-state index < -0.39 is 5.97 Å². The van der Waals surface area contributed by atoms with Crippen LogP contribution in [-0.2, 0) is 17.8 Å². The molecule has 1 aromatic rings. The van der Waals surface area contributed by atoms with Crippen LogP contribution in [0.1, 0.15) is 21.5 Å². The Morgan fingerprint density at radius 3 is 2.89 bits per heavy atom. The van der Waals surface area contributed by atoms with Crippen molar-refractivity contribution in [2.75, 3.05) is 18.6 Å². The fourth-order valence-corrected chi connectivity index (χ4v) is 2.67. The molecule has 2 rings (SSSR count). The second-order valence-corrected chi connectivity index (χ2v) is 5.11. The molecular formula is C13H15NO3S. The van der Waals surface area contributed by atoms with Gasteiger partial charge in [-0.25, -0.2) is 4.79 Å². The third-order valence-corrected chi connectivity index (χ3v) is 3.65. The van der Waals surface area contributed by atoms with Crippen LogP contribution >= 0.6 is 11.8 Å². The van der Waals surface area contributed by atoms with Crippen LogP contribution in [0.4, 0.5) is 0 Å². The van der Waals surface area contributed by atoms with Crippen molar-refractivity contribution in [1.29, 1.82) is 0 Å². The summed E-state index contributed by atoms with van der Waals surface area (Å²) in [6.07, 6.45) is 2.52. The van der Waals surface area contributed by atoms with Gasteiger partial charge < -0.3 is 10.0 Å². The number of aromatic carboxylic acids is 1. The Hall–Kier alpha value is -1.49. The average Bonchev–Trinajstić information content (AvgIpc) is 2.37. The highest BCUT2D eigenvalue weighted by Gasteiger charge is 2.23. The van der Waals surface area contributed by atoms with Crippen LogP contribution in [0.2, 0.25) is 0 Å². The lowest BCUT2D eigenvalue weighted by Gasteiger charge is -2.29. The van der Waals surface area contributed by atoms with Gasteiger partial charge in [0.25, 0.3) is 0 Å². The van der Waals surface area contributed by atoms with Crippen molar-refractivity contribution in [2.45, 2.75) is 13.0 Å². The molecular weight excluding hydrogens is 250 g/mol. The quantitative estimate of drug-likeness (QED) is 0.902. The van der Waals surface area contributed by atoms with Crippen LogP contribution in [0.5, 0.6) is 0 Å². The minimum Gasteiger partial charge on any atom is -0.478 e. The van der Waals surface area contributed by atoms with E-state index in [0.29, 0.717) is 30.8 Å². The van der Waals surface area contributed by atoms with Gasteiger partial charge in [-0.05, 0) is 29.9 Å². The zero-order valence-electron chi connectivity index (χ0n) is 10.2. The number of benzene rings is 1. The van der Waals surface area contributed by atoms with Gasteiger partial charge in [-0.15, -0.1) is 0 Å². The lowest BCUT2D eigenvalue weighted by atomic mass is 9.94. The number of carbonyl (C=O) groups excluding carboxylic acids is 1. The summed E-state index contributed by atoms with van der Waals surface area (Å²) in [4.78, 5) is 24.7. The van der Waals surface area contributed by atoms with E-state index in [0.717, 1.165) is 11.1 Å². The minimum absolute atomic E-state index is 0.119. The first-order chi connectivity index (χ1) is 8.63. The van der Waals surface area contributed by atoms with Crippen LogP contribution in [0.25, 0.3) is 0 Å². The summed E-state index contributed by atoms with van der Waals surface area (Å²) in [7, 11) is 0. The number of rotatable bonds is 3. The molecule has 0 spiro atoms. The third-order valence-electron chi connectivity index (χ3n) is 3.12. The molecule has 1 N–H and O–H groups in total. The molecule has 0 saturated carbocycles. The van der Waals surface area contributed by atoms with Gasteiger partial charge in [0, 0.05) is 13.1 Å². The summed E-state index contributed by atoms with van der Waals surface area (Å²) >= 11 is 1.51. The molecule has 18 heavy (non-hydrogen) atoms. The summed E-state index contributed by atoms with van der Waals surface area (Å²) < 4.78 is 0. The maximum atomic E-state index is 11.8. The van der Waals surface area contributed by atoms with Crippen molar-refractivity contribution < 1.29 is 14.7 Å². The van der Waals surface area contributed by atoms with E-state index >= 15 is 0 Å². The van der Waals surface area contributed by atoms with Crippen molar-refractivity contribution >= 4 is 23.6 Å². The molecule has 5 heteroatoms. The van der Waals surface area contributed by atoms with Crippen LogP contribution in [0.15, 0.2) is 18.2 Å². The monoisotopic (exact) mass is 265 g/mol. The predicted molar refractivity (Wildman–Crippen MR) is 70.9 cm³/mol. The second-order valence-electron chi connectivity index (χ2n) is 4.25. The molecule has 1 aliphatic heterocycles. The number of amides is 1.